The Morgan fingerprint density at radius 1 is 1.19 bits per heavy atom. The van der Waals surface area contributed by atoms with Crippen molar-refractivity contribution in [3.8, 4) is 5.75 Å². The van der Waals surface area contributed by atoms with Crippen LogP contribution < -0.4 is 15.4 Å². The van der Waals surface area contributed by atoms with E-state index < -0.39 is 0 Å². The maximum Gasteiger partial charge on any atom is 0.225 e. The van der Waals surface area contributed by atoms with Crippen LogP contribution in [0, 0.1) is 5.92 Å². The predicted molar refractivity (Wildman–Crippen MR) is 130 cm³/mol. The predicted octanol–water partition coefficient (Wildman–Crippen LogP) is 3.49. The van der Waals surface area contributed by atoms with Gasteiger partial charge in [-0.05, 0) is 43.2 Å². The number of amides is 1. The summed E-state index contributed by atoms with van der Waals surface area (Å²) in [5, 5.41) is 6.89. The second kappa shape index (κ2) is 12.2. The highest BCUT2D eigenvalue weighted by molar-refractivity contribution is 7.99. The smallest absolute Gasteiger partial charge is 0.225 e. The highest BCUT2D eigenvalue weighted by Gasteiger charge is 2.30. The second-order valence-electron chi connectivity index (χ2n) is 8.67. The van der Waals surface area contributed by atoms with Crippen molar-refractivity contribution in [1.82, 2.24) is 15.5 Å². The Hall–Kier alpha value is -1.89. The molecule has 2 aliphatic rings. The van der Waals surface area contributed by atoms with Crippen LogP contribution in [0.15, 0.2) is 29.3 Å². The zero-order valence-corrected chi connectivity index (χ0v) is 20.0. The first-order valence-corrected chi connectivity index (χ1v) is 12.8. The van der Waals surface area contributed by atoms with Gasteiger partial charge in [0, 0.05) is 43.6 Å². The number of carbonyl (C=O) groups is 1. The second-order valence-corrected chi connectivity index (χ2v) is 9.90. The third-order valence-electron chi connectivity index (χ3n) is 6.16. The van der Waals surface area contributed by atoms with Crippen molar-refractivity contribution >= 4 is 23.6 Å². The fourth-order valence-corrected chi connectivity index (χ4v) is 5.24. The van der Waals surface area contributed by atoms with Gasteiger partial charge >= 0.3 is 0 Å². The molecular formula is C24H38N4O2S. The molecule has 1 saturated carbocycles. The van der Waals surface area contributed by atoms with Gasteiger partial charge < -0.3 is 20.3 Å². The molecular weight excluding hydrogens is 408 g/mol. The number of benzene rings is 1. The largest absolute Gasteiger partial charge is 0.491 e. The van der Waals surface area contributed by atoms with Gasteiger partial charge in [-0.25, -0.2) is 0 Å². The minimum absolute atomic E-state index is 0.200. The quantitative estimate of drug-likeness (QED) is 0.381. The van der Waals surface area contributed by atoms with E-state index >= 15 is 0 Å². The summed E-state index contributed by atoms with van der Waals surface area (Å²) < 4.78 is 5.99. The summed E-state index contributed by atoms with van der Waals surface area (Å²) in [5.74, 6) is 4.94. The maximum atomic E-state index is 12.7. The zero-order chi connectivity index (χ0) is 22.1. The third kappa shape index (κ3) is 7.06. The Morgan fingerprint density at radius 3 is 2.58 bits per heavy atom. The first-order chi connectivity index (χ1) is 15.1. The van der Waals surface area contributed by atoms with Gasteiger partial charge in [-0.3, -0.25) is 9.79 Å². The van der Waals surface area contributed by atoms with E-state index in [9.17, 15) is 4.79 Å². The standard InChI is InChI=1S/C24H38N4O2S/c1-18(2)21-6-4-5-7-22(21)30-15-12-26-24(25-3)27-20-10-8-19(9-11-20)23(29)28-13-16-31-17-14-28/h4-7,18-20H,8-17H2,1-3H3,(H2,25,26,27). The summed E-state index contributed by atoms with van der Waals surface area (Å²) in [5.41, 5.74) is 1.24. The summed E-state index contributed by atoms with van der Waals surface area (Å²) in [6.45, 7) is 7.47. The molecule has 1 aromatic rings. The van der Waals surface area contributed by atoms with Gasteiger partial charge in [0.25, 0.3) is 0 Å². The van der Waals surface area contributed by atoms with Crippen LogP contribution in [-0.2, 0) is 4.79 Å². The Kier molecular flexibility index (Phi) is 9.37. The molecule has 1 heterocycles. The highest BCUT2D eigenvalue weighted by atomic mass is 32.2. The number of nitrogens with zero attached hydrogens (tertiary/aromatic N) is 2. The Morgan fingerprint density at radius 2 is 1.90 bits per heavy atom. The number of rotatable bonds is 7. The highest BCUT2D eigenvalue weighted by Crippen LogP contribution is 2.27. The Bertz CT molecular complexity index is 726. The number of hydrogen-bond donors (Lipinski definition) is 2. The van der Waals surface area contributed by atoms with Gasteiger partial charge in [0.05, 0.1) is 6.54 Å². The van der Waals surface area contributed by atoms with Crippen LogP contribution in [0.25, 0.3) is 0 Å². The van der Waals surface area contributed by atoms with Crippen molar-refractivity contribution in [1.29, 1.82) is 0 Å². The van der Waals surface area contributed by atoms with Crippen molar-refractivity contribution in [3.05, 3.63) is 29.8 Å². The van der Waals surface area contributed by atoms with E-state index in [2.05, 4.69) is 46.5 Å². The lowest BCUT2D eigenvalue weighted by atomic mass is 9.85. The van der Waals surface area contributed by atoms with Gasteiger partial charge in [0.1, 0.15) is 12.4 Å². The summed E-state index contributed by atoms with van der Waals surface area (Å²) in [7, 11) is 1.80. The van der Waals surface area contributed by atoms with Crippen molar-refractivity contribution in [2.45, 2.75) is 51.5 Å². The van der Waals surface area contributed by atoms with Gasteiger partial charge in [0.15, 0.2) is 5.96 Å². The molecule has 2 fully saturated rings. The lowest BCUT2D eigenvalue weighted by molar-refractivity contribution is -0.136. The third-order valence-corrected chi connectivity index (χ3v) is 7.10. The lowest BCUT2D eigenvalue weighted by Gasteiger charge is -2.34. The minimum atomic E-state index is 0.200. The number of thioether (sulfide) groups is 1. The van der Waals surface area contributed by atoms with Crippen molar-refractivity contribution in [2.75, 3.05) is 44.8 Å². The van der Waals surface area contributed by atoms with Gasteiger partial charge in [-0.15, -0.1) is 0 Å². The van der Waals surface area contributed by atoms with Gasteiger partial charge in [-0.1, -0.05) is 32.0 Å². The number of guanidine groups is 1. The van der Waals surface area contributed by atoms with Crippen LogP contribution in [0.5, 0.6) is 5.75 Å². The lowest BCUT2D eigenvalue weighted by Crippen LogP contribution is -2.47. The molecule has 3 rings (SSSR count). The maximum absolute atomic E-state index is 12.7. The number of aliphatic imine (C=N–C) groups is 1. The molecule has 1 aromatic carbocycles. The molecule has 31 heavy (non-hydrogen) atoms. The number of para-hydroxylation sites is 1. The summed E-state index contributed by atoms with van der Waals surface area (Å²) >= 11 is 1.95. The molecule has 2 N–H and O–H groups in total. The first kappa shape index (κ1) is 23.8. The van der Waals surface area contributed by atoms with Crippen LogP contribution in [0.1, 0.15) is 51.0 Å². The normalized spacial score (nSPS) is 22.3. The van der Waals surface area contributed by atoms with Gasteiger partial charge in [-0.2, -0.15) is 11.8 Å². The van der Waals surface area contributed by atoms with Gasteiger partial charge in [0.2, 0.25) is 5.91 Å². The zero-order valence-electron chi connectivity index (χ0n) is 19.2. The Balaban J connectivity index is 1.37. The molecule has 0 spiro atoms. The van der Waals surface area contributed by atoms with E-state index in [1.165, 1.54) is 5.56 Å². The van der Waals surface area contributed by atoms with Crippen molar-refractivity contribution in [2.24, 2.45) is 10.9 Å². The summed E-state index contributed by atoms with van der Waals surface area (Å²) in [6.07, 6.45) is 3.95. The molecule has 0 atom stereocenters. The SMILES string of the molecule is CN=C(NCCOc1ccccc1C(C)C)NC1CCC(C(=O)N2CCSCC2)CC1. The summed E-state index contributed by atoms with van der Waals surface area (Å²) in [4.78, 5) is 19.2. The van der Waals surface area contributed by atoms with Crippen LogP contribution in [0.4, 0.5) is 0 Å². The van der Waals surface area contributed by atoms with Crippen molar-refractivity contribution in [3.63, 3.8) is 0 Å². The molecule has 0 aromatic heterocycles. The molecule has 0 bridgehead atoms. The molecule has 172 valence electrons. The molecule has 1 amide bonds. The molecule has 7 heteroatoms. The number of ether oxygens (including phenoxy) is 1. The minimum Gasteiger partial charge on any atom is -0.491 e. The van der Waals surface area contributed by atoms with Crippen LogP contribution in [0.2, 0.25) is 0 Å². The van der Waals surface area contributed by atoms with E-state index in [1.807, 2.05) is 23.9 Å². The van der Waals surface area contributed by atoms with Crippen LogP contribution in [0.3, 0.4) is 0 Å². The molecule has 1 aliphatic carbocycles. The fourth-order valence-electron chi connectivity index (χ4n) is 4.33. The van der Waals surface area contributed by atoms with Crippen LogP contribution in [-0.4, -0.2) is 67.6 Å². The molecule has 1 saturated heterocycles. The van der Waals surface area contributed by atoms with E-state index in [-0.39, 0.29) is 5.92 Å². The van der Waals surface area contributed by atoms with E-state index in [1.54, 1.807) is 7.05 Å². The fraction of sp³-hybridized carbons (Fsp3) is 0.667. The average molecular weight is 447 g/mol. The summed E-state index contributed by atoms with van der Waals surface area (Å²) in [6, 6.07) is 8.60. The van der Waals surface area contributed by atoms with E-state index in [0.29, 0.717) is 31.0 Å². The average Bonchev–Trinajstić information content (AvgIpc) is 2.81. The molecule has 1 aliphatic heterocycles. The molecule has 0 radical (unpaired) electrons. The Labute approximate surface area is 191 Å². The van der Waals surface area contributed by atoms with E-state index in [4.69, 9.17) is 4.74 Å². The number of nitrogens with one attached hydrogen (secondary N) is 2. The molecule has 6 nitrogen and oxygen atoms in total. The molecule has 0 unspecified atom stereocenters. The van der Waals surface area contributed by atoms with Crippen LogP contribution >= 0.6 is 11.8 Å². The number of carbonyl (C=O) groups excluding carboxylic acids is 1. The van der Waals surface area contributed by atoms with E-state index in [0.717, 1.165) is 62.0 Å². The monoisotopic (exact) mass is 446 g/mol. The topological polar surface area (TPSA) is 66.0 Å². The first-order valence-electron chi connectivity index (χ1n) is 11.6. The van der Waals surface area contributed by atoms with Crippen molar-refractivity contribution < 1.29 is 9.53 Å². The number of hydrogen-bond acceptors (Lipinski definition) is 4.